The van der Waals surface area contributed by atoms with Crippen LogP contribution in [0.25, 0.3) is 0 Å². The number of aromatic hydroxyl groups is 1. The highest BCUT2D eigenvalue weighted by Gasteiger charge is 2.22. The van der Waals surface area contributed by atoms with E-state index >= 15 is 0 Å². The van der Waals surface area contributed by atoms with Gasteiger partial charge in [-0.15, -0.1) is 0 Å². The standard InChI is InChI=1S/C6H6O.C5H4O2.H4O4Si/c7-6-4-2-1-3-5-6;6-4-5-2-1-3-7-5;1-5(2,3)4/h1-5,7H;1-4H;1-4H. The number of phenols is 1. The van der Waals surface area contributed by atoms with Crippen LogP contribution in [0.4, 0.5) is 0 Å². The highest BCUT2D eigenvalue weighted by atomic mass is 28.4. The van der Waals surface area contributed by atoms with Gasteiger partial charge in [-0.25, -0.2) is 0 Å². The molecule has 0 atom stereocenters. The Morgan fingerprint density at radius 2 is 1.47 bits per heavy atom. The van der Waals surface area contributed by atoms with Crippen LogP contribution in [0.2, 0.25) is 0 Å². The Hall–Kier alpha value is -1.97. The molecular weight excluding hydrogens is 272 g/mol. The monoisotopic (exact) mass is 286 g/mol. The summed E-state index contributed by atoms with van der Waals surface area (Å²) in [6.07, 6.45) is 2.13. The third-order valence-corrected chi connectivity index (χ3v) is 1.42. The average Bonchev–Trinajstić information content (AvgIpc) is 2.81. The minimum Gasteiger partial charge on any atom is -0.508 e. The van der Waals surface area contributed by atoms with Crippen molar-refractivity contribution >= 4 is 15.3 Å². The lowest BCUT2D eigenvalue weighted by Gasteiger charge is -1.91. The van der Waals surface area contributed by atoms with E-state index in [1.807, 2.05) is 6.07 Å². The Labute approximate surface area is 110 Å². The maximum absolute atomic E-state index is 9.77. The maximum atomic E-state index is 9.77. The van der Waals surface area contributed by atoms with Gasteiger partial charge in [-0.05, 0) is 24.3 Å². The van der Waals surface area contributed by atoms with E-state index in [4.69, 9.17) is 24.3 Å². The number of carbonyl (C=O) groups excluding carboxylic acids is 1. The van der Waals surface area contributed by atoms with Gasteiger partial charge in [0, 0.05) is 0 Å². The molecule has 8 heteroatoms. The number of hydrogen-bond acceptors (Lipinski definition) is 7. The molecular formula is C11H14O7Si. The fourth-order valence-corrected chi connectivity index (χ4v) is 0.786. The van der Waals surface area contributed by atoms with Crippen LogP contribution in [0.3, 0.4) is 0 Å². The van der Waals surface area contributed by atoms with Crippen molar-refractivity contribution in [1.82, 2.24) is 0 Å². The molecule has 0 aliphatic carbocycles. The lowest BCUT2D eigenvalue weighted by molar-refractivity contribution is 0.109. The number of furan rings is 1. The van der Waals surface area contributed by atoms with Crippen molar-refractivity contribution in [3.8, 4) is 5.75 Å². The minimum absolute atomic E-state index is 0.322. The third-order valence-electron chi connectivity index (χ3n) is 1.42. The molecule has 0 radical (unpaired) electrons. The van der Waals surface area contributed by atoms with Gasteiger partial charge < -0.3 is 28.7 Å². The number of benzene rings is 1. The van der Waals surface area contributed by atoms with Gasteiger partial charge >= 0.3 is 9.05 Å². The number of aldehydes is 1. The van der Waals surface area contributed by atoms with Gasteiger partial charge in [-0.1, -0.05) is 18.2 Å². The number of para-hydroxylation sites is 1. The SMILES string of the molecule is O=Cc1ccco1.O[Si](O)(O)O.Oc1ccccc1. The van der Waals surface area contributed by atoms with Crippen LogP contribution in [0.1, 0.15) is 10.6 Å². The molecule has 19 heavy (non-hydrogen) atoms. The summed E-state index contributed by atoms with van der Waals surface area (Å²) >= 11 is 0. The molecule has 2 aromatic rings. The van der Waals surface area contributed by atoms with Crippen LogP contribution >= 0.6 is 0 Å². The fourth-order valence-electron chi connectivity index (χ4n) is 0.786. The second-order valence-corrected chi connectivity index (χ2v) is 4.27. The molecule has 0 unspecified atom stereocenters. The van der Waals surface area contributed by atoms with Gasteiger partial charge in [0.15, 0.2) is 12.0 Å². The number of hydrogen-bond donors (Lipinski definition) is 5. The maximum Gasteiger partial charge on any atom is 0.668 e. The van der Waals surface area contributed by atoms with Crippen molar-refractivity contribution in [3.05, 3.63) is 54.5 Å². The molecule has 2 rings (SSSR count). The minimum atomic E-state index is -4.61. The topological polar surface area (TPSA) is 131 Å². The highest BCUT2D eigenvalue weighted by Crippen LogP contribution is 2.02. The predicted octanol–water partition coefficient (Wildman–Crippen LogP) is -0.125. The van der Waals surface area contributed by atoms with Crippen LogP contribution in [0.5, 0.6) is 5.75 Å². The zero-order valence-corrected chi connectivity index (χ0v) is 10.7. The molecule has 0 saturated carbocycles. The quantitative estimate of drug-likeness (QED) is 0.364. The van der Waals surface area contributed by atoms with Gasteiger partial charge in [0.2, 0.25) is 0 Å². The van der Waals surface area contributed by atoms with Gasteiger partial charge in [0.25, 0.3) is 0 Å². The van der Waals surface area contributed by atoms with Crippen LogP contribution < -0.4 is 0 Å². The number of phenolic OH excluding ortho intramolecular Hbond substituents is 1. The summed E-state index contributed by atoms with van der Waals surface area (Å²) in [5, 5.41) is 8.63. The highest BCUT2D eigenvalue weighted by molar-refractivity contribution is 6.46. The van der Waals surface area contributed by atoms with Gasteiger partial charge in [0.05, 0.1) is 6.26 Å². The molecule has 7 nitrogen and oxygen atoms in total. The van der Waals surface area contributed by atoms with Crippen molar-refractivity contribution in [1.29, 1.82) is 0 Å². The lowest BCUT2D eigenvalue weighted by Crippen LogP contribution is -2.33. The van der Waals surface area contributed by atoms with Crippen LogP contribution in [0.15, 0.2) is 53.1 Å². The van der Waals surface area contributed by atoms with Gasteiger partial charge in [-0.2, -0.15) is 0 Å². The summed E-state index contributed by atoms with van der Waals surface area (Å²) in [5.41, 5.74) is 0. The Morgan fingerprint density at radius 1 is 0.947 bits per heavy atom. The molecule has 0 bridgehead atoms. The van der Waals surface area contributed by atoms with E-state index in [9.17, 15) is 4.79 Å². The second-order valence-electron chi connectivity index (χ2n) is 3.07. The average molecular weight is 286 g/mol. The first kappa shape index (κ1) is 17.0. The van der Waals surface area contributed by atoms with Crippen LogP contribution in [-0.4, -0.2) is 39.6 Å². The summed E-state index contributed by atoms with van der Waals surface area (Å²) < 4.78 is 4.61. The van der Waals surface area contributed by atoms with E-state index < -0.39 is 9.05 Å². The van der Waals surface area contributed by atoms with Crippen molar-refractivity contribution in [2.45, 2.75) is 0 Å². The van der Waals surface area contributed by atoms with E-state index in [0.29, 0.717) is 17.8 Å². The Morgan fingerprint density at radius 3 is 1.68 bits per heavy atom. The van der Waals surface area contributed by atoms with Crippen molar-refractivity contribution in [2.75, 3.05) is 0 Å². The first-order valence-electron chi connectivity index (χ1n) is 4.95. The fraction of sp³-hybridized carbons (Fsp3) is 0. The number of carbonyl (C=O) groups is 1. The third kappa shape index (κ3) is 14.0. The molecule has 0 fully saturated rings. The normalized spacial score (nSPS) is 9.47. The zero-order valence-electron chi connectivity index (χ0n) is 9.75. The summed E-state index contributed by atoms with van der Waals surface area (Å²) in [7, 11) is -4.61. The molecule has 0 spiro atoms. The van der Waals surface area contributed by atoms with Crippen molar-refractivity contribution in [3.63, 3.8) is 0 Å². The van der Waals surface area contributed by atoms with Gasteiger partial charge in [0.1, 0.15) is 5.75 Å². The molecule has 104 valence electrons. The predicted molar refractivity (Wildman–Crippen MR) is 66.8 cm³/mol. The van der Waals surface area contributed by atoms with Crippen LogP contribution in [0, 0.1) is 0 Å². The Bertz CT molecular complexity index is 430. The van der Waals surface area contributed by atoms with E-state index in [0.717, 1.165) is 0 Å². The first-order valence-corrected chi connectivity index (χ1v) is 6.74. The molecule has 5 N–H and O–H groups in total. The molecule has 1 aromatic carbocycles. The molecule has 0 saturated heterocycles. The first-order chi connectivity index (χ1) is 8.83. The number of rotatable bonds is 1. The summed E-state index contributed by atoms with van der Waals surface area (Å²) in [4.78, 5) is 39.1. The van der Waals surface area contributed by atoms with Gasteiger partial charge in [-0.3, -0.25) is 4.79 Å². The smallest absolute Gasteiger partial charge is 0.508 e. The lowest BCUT2D eigenvalue weighted by atomic mass is 10.3. The molecule has 1 heterocycles. The Balaban J connectivity index is 0.000000261. The van der Waals surface area contributed by atoms with Crippen molar-refractivity contribution < 1.29 is 33.5 Å². The molecule has 0 amide bonds. The molecule has 0 aliphatic heterocycles. The van der Waals surface area contributed by atoms with Crippen molar-refractivity contribution in [2.24, 2.45) is 0 Å². The molecule has 1 aromatic heterocycles. The Kier molecular flexibility index (Phi) is 8.09. The summed E-state index contributed by atoms with van der Waals surface area (Å²) in [6, 6.07) is 12.0. The van der Waals surface area contributed by atoms with E-state index in [1.165, 1.54) is 6.26 Å². The second kappa shape index (κ2) is 9.02. The van der Waals surface area contributed by atoms with E-state index in [1.54, 1.807) is 36.4 Å². The summed E-state index contributed by atoms with van der Waals surface area (Å²) in [5.74, 6) is 0.697. The van der Waals surface area contributed by atoms with E-state index in [2.05, 4.69) is 4.42 Å². The zero-order chi connectivity index (χ0) is 14.7. The largest absolute Gasteiger partial charge is 0.668 e. The summed E-state index contributed by atoms with van der Waals surface area (Å²) in [6.45, 7) is 0. The van der Waals surface area contributed by atoms with E-state index in [-0.39, 0.29) is 0 Å². The van der Waals surface area contributed by atoms with Crippen LogP contribution in [-0.2, 0) is 0 Å². The molecule has 0 aliphatic rings.